The second kappa shape index (κ2) is 6.74. The maximum atomic E-state index is 12.4. The summed E-state index contributed by atoms with van der Waals surface area (Å²) in [6.45, 7) is 0.285. The summed E-state index contributed by atoms with van der Waals surface area (Å²) in [6.07, 6.45) is 5.29. The highest BCUT2D eigenvalue weighted by molar-refractivity contribution is 5.86. The highest BCUT2D eigenvalue weighted by atomic mass is 16.5. The van der Waals surface area contributed by atoms with Crippen LogP contribution in [-0.4, -0.2) is 25.0 Å². The zero-order valence-electron chi connectivity index (χ0n) is 13.4. The van der Waals surface area contributed by atoms with Gasteiger partial charge in [-0.25, -0.2) is 4.79 Å². The fraction of sp³-hybridized carbons (Fsp3) is 0.647. The standard InChI is InChI=1S/C17H24N2O4/c1-22-17(21)14-6-5-13(23-14)9-19-16(20)12-7-10-3-2-4-11(8-12)15(10)18/h5-6,10-12,15H,2-4,7-9,18H2,1H3,(H,19,20). The van der Waals surface area contributed by atoms with Crippen molar-refractivity contribution in [2.75, 3.05) is 7.11 Å². The van der Waals surface area contributed by atoms with Crippen molar-refractivity contribution < 1.29 is 18.7 Å². The summed E-state index contributed by atoms with van der Waals surface area (Å²) >= 11 is 0. The number of methoxy groups -OCH3 is 1. The average molecular weight is 320 g/mol. The largest absolute Gasteiger partial charge is 0.463 e. The van der Waals surface area contributed by atoms with E-state index in [-0.39, 0.29) is 30.2 Å². The molecule has 126 valence electrons. The van der Waals surface area contributed by atoms with Crippen LogP contribution in [0.3, 0.4) is 0 Å². The van der Waals surface area contributed by atoms with Gasteiger partial charge in [0.1, 0.15) is 5.76 Å². The Morgan fingerprint density at radius 1 is 1.30 bits per heavy atom. The van der Waals surface area contributed by atoms with E-state index in [1.807, 2.05) is 0 Å². The van der Waals surface area contributed by atoms with Crippen LogP contribution in [0.1, 0.15) is 48.4 Å². The highest BCUT2D eigenvalue weighted by Crippen LogP contribution is 2.41. The minimum Gasteiger partial charge on any atom is -0.463 e. The van der Waals surface area contributed by atoms with E-state index in [2.05, 4.69) is 10.1 Å². The Kier molecular flexibility index (Phi) is 4.71. The molecule has 1 aromatic rings. The van der Waals surface area contributed by atoms with E-state index in [1.54, 1.807) is 12.1 Å². The molecule has 0 aliphatic heterocycles. The summed E-state index contributed by atoms with van der Waals surface area (Å²) in [5, 5.41) is 2.92. The molecule has 6 heteroatoms. The lowest BCUT2D eigenvalue weighted by Crippen LogP contribution is -2.49. The van der Waals surface area contributed by atoms with Crippen LogP contribution in [0.4, 0.5) is 0 Å². The molecule has 6 nitrogen and oxygen atoms in total. The van der Waals surface area contributed by atoms with Crippen LogP contribution < -0.4 is 11.1 Å². The number of nitrogens with one attached hydrogen (secondary N) is 1. The number of esters is 1. The van der Waals surface area contributed by atoms with Crippen molar-refractivity contribution in [2.24, 2.45) is 23.5 Å². The lowest BCUT2D eigenvalue weighted by molar-refractivity contribution is -0.128. The van der Waals surface area contributed by atoms with Crippen LogP contribution in [0.25, 0.3) is 0 Å². The second-order valence-electron chi connectivity index (χ2n) is 6.67. The van der Waals surface area contributed by atoms with Crippen molar-refractivity contribution in [3.05, 3.63) is 23.7 Å². The van der Waals surface area contributed by atoms with Gasteiger partial charge in [0.05, 0.1) is 13.7 Å². The summed E-state index contributed by atoms with van der Waals surface area (Å²) in [4.78, 5) is 23.8. The van der Waals surface area contributed by atoms with Gasteiger partial charge in [-0.3, -0.25) is 4.79 Å². The summed E-state index contributed by atoms with van der Waals surface area (Å²) in [5.74, 6) is 1.24. The van der Waals surface area contributed by atoms with Gasteiger partial charge in [-0.2, -0.15) is 0 Å². The number of rotatable bonds is 4. The summed E-state index contributed by atoms with van der Waals surface area (Å²) in [7, 11) is 1.30. The number of furan rings is 1. The molecular weight excluding hydrogens is 296 g/mol. The van der Waals surface area contributed by atoms with Crippen LogP contribution in [0.2, 0.25) is 0 Å². The molecule has 2 fully saturated rings. The third kappa shape index (κ3) is 3.42. The zero-order chi connectivity index (χ0) is 16.4. The van der Waals surface area contributed by atoms with E-state index < -0.39 is 5.97 Å². The fourth-order valence-corrected chi connectivity index (χ4v) is 4.00. The number of carbonyl (C=O) groups is 2. The van der Waals surface area contributed by atoms with Crippen molar-refractivity contribution in [3.63, 3.8) is 0 Å². The second-order valence-corrected chi connectivity index (χ2v) is 6.67. The SMILES string of the molecule is COC(=O)c1ccc(CNC(=O)C2CC3CCCC(C2)C3N)o1. The monoisotopic (exact) mass is 320 g/mol. The lowest BCUT2D eigenvalue weighted by Gasteiger charge is -2.43. The topological polar surface area (TPSA) is 94.6 Å². The number of hydrogen-bond acceptors (Lipinski definition) is 5. The molecule has 2 saturated carbocycles. The predicted molar refractivity (Wildman–Crippen MR) is 83.4 cm³/mol. The van der Waals surface area contributed by atoms with Crippen molar-refractivity contribution in [2.45, 2.75) is 44.7 Å². The number of fused-ring (bicyclic) bond motifs is 2. The molecule has 23 heavy (non-hydrogen) atoms. The molecule has 2 aliphatic rings. The molecular formula is C17H24N2O4. The average Bonchev–Trinajstić information content (AvgIpc) is 3.00. The van der Waals surface area contributed by atoms with E-state index in [4.69, 9.17) is 10.2 Å². The van der Waals surface area contributed by atoms with Crippen LogP contribution in [0.15, 0.2) is 16.5 Å². The quantitative estimate of drug-likeness (QED) is 0.825. The highest BCUT2D eigenvalue weighted by Gasteiger charge is 2.40. The molecule has 0 radical (unpaired) electrons. The minimum absolute atomic E-state index is 0.0418. The third-order valence-electron chi connectivity index (χ3n) is 5.27. The van der Waals surface area contributed by atoms with Crippen molar-refractivity contribution in [1.82, 2.24) is 5.32 Å². The van der Waals surface area contributed by atoms with Crippen LogP contribution in [-0.2, 0) is 16.1 Å². The van der Waals surface area contributed by atoms with Gasteiger partial charge in [0.2, 0.25) is 11.7 Å². The molecule has 2 unspecified atom stereocenters. The number of hydrogen-bond donors (Lipinski definition) is 2. The van der Waals surface area contributed by atoms with E-state index in [0.717, 1.165) is 25.7 Å². The molecule has 2 atom stereocenters. The van der Waals surface area contributed by atoms with Crippen LogP contribution >= 0.6 is 0 Å². The Morgan fingerprint density at radius 3 is 2.65 bits per heavy atom. The number of carbonyl (C=O) groups excluding carboxylic acids is 2. The molecule has 3 N–H and O–H groups in total. The molecule has 3 rings (SSSR count). The van der Waals surface area contributed by atoms with Crippen molar-refractivity contribution in [3.8, 4) is 0 Å². The van der Waals surface area contributed by atoms with E-state index in [9.17, 15) is 9.59 Å². The molecule has 1 heterocycles. The number of ether oxygens (including phenoxy) is 1. The molecule has 0 aromatic carbocycles. The normalized spacial score (nSPS) is 29.8. The minimum atomic E-state index is -0.517. The van der Waals surface area contributed by atoms with Gasteiger partial charge in [-0.15, -0.1) is 0 Å². The first-order chi connectivity index (χ1) is 11.1. The Balaban J connectivity index is 1.53. The molecule has 1 amide bonds. The van der Waals surface area contributed by atoms with Crippen LogP contribution in [0.5, 0.6) is 0 Å². The summed E-state index contributed by atoms with van der Waals surface area (Å²) in [6, 6.07) is 3.50. The Hall–Kier alpha value is -1.82. The summed E-state index contributed by atoms with van der Waals surface area (Å²) in [5.41, 5.74) is 6.27. The molecule has 2 aliphatic carbocycles. The van der Waals surface area contributed by atoms with Gasteiger partial charge < -0.3 is 20.2 Å². The Labute approximate surface area is 135 Å². The van der Waals surface area contributed by atoms with E-state index in [0.29, 0.717) is 17.6 Å². The first kappa shape index (κ1) is 16.1. The Bertz CT molecular complexity index is 569. The lowest BCUT2D eigenvalue weighted by atomic mass is 9.65. The summed E-state index contributed by atoms with van der Waals surface area (Å²) < 4.78 is 9.95. The third-order valence-corrected chi connectivity index (χ3v) is 5.27. The maximum Gasteiger partial charge on any atom is 0.373 e. The smallest absolute Gasteiger partial charge is 0.373 e. The number of nitrogens with two attached hydrogens (primary N) is 1. The van der Waals surface area contributed by atoms with Gasteiger partial charge in [-0.05, 0) is 49.7 Å². The first-order valence-corrected chi connectivity index (χ1v) is 8.28. The van der Waals surface area contributed by atoms with Gasteiger partial charge in [0, 0.05) is 12.0 Å². The van der Waals surface area contributed by atoms with Gasteiger partial charge >= 0.3 is 5.97 Å². The van der Waals surface area contributed by atoms with E-state index in [1.165, 1.54) is 13.5 Å². The van der Waals surface area contributed by atoms with Gasteiger partial charge in [-0.1, -0.05) is 6.42 Å². The zero-order valence-corrected chi connectivity index (χ0v) is 13.4. The number of amides is 1. The van der Waals surface area contributed by atoms with Crippen molar-refractivity contribution >= 4 is 11.9 Å². The molecule has 1 aromatic heterocycles. The van der Waals surface area contributed by atoms with Crippen molar-refractivity contribution in [1.29, 1.82) is 0 Å². The first-order valence-electron chi connectivity index (χ1n) is 8.28. The maximum absolute atomic E-state index is 12.4. The van der Waals surface area contributed by atoms with Crippen LogP contribution in [0, 0.1) is 17.8 Å². The molecule has 0 saturated heterocycles. The van der Waals surface area contributed by atoms with E-state index >= 15 is 0 Å². The fourth-order valence-electron chi connectivity index (χ4n) is 4.00. The van der Waals surface area contributed by atoms with Gasteiger partial charge in [0.15, 0.2) is 0 Å². The molecule has 0 spiro atoms. The molecule has 2 bridgehead atoms. The predicted octanol–water partition coefficient (Wildman–Crippen LogP) is 1.84. The Morgan fingerprint density at radius 2 is 2.00 bits per heavy atom. The van der Waals surface area contributed by atoms with Gasteiger partial charge in [0.25, 0.3) is 0 Å².